The third kappa shape index (κ3) is 3.96. The van der Waals surface area contributed by atoms with Gasteiger partial charge < -0.3 is 9.47 Å². The van der Waals surface area contributed by atoms with Crippen LogP contribution in [0.15, 0.2) is 0 Å². The van der Waals surface area contributed by atoms with Crippen LogP contribution in [0.2, 0.25) is 0 Å². The fourth-order valence-corrected chi connectivity index (χ4v) is 2.15. The van der Waals surface area contributed by atoms with E-state index in [0.717, 1.165) is 31.9 Å². The van der Waals surface area contributed by atoms with E-state index in [2.05, 4.69) is 4.90 Å². The van der Waals surface area contributed by atoms with E-state index in [-0.39, 0.29) is 12.0 Å². The average molecular weight is 241 g/mol. The maximum absolute atomic E-state index is 11.7. The van der Waals surface area contributed by atoms with Gasteiger partial charge in [0.25, 0.3) is 0 Å². The van der Waals surface area contributed by atoms with E-state index in [1.165, 1.54) is 20.0 Å². The van der Waals surface area contributed by atoms with E-state index in [0.29, 0.717) is 12.5 Å². The lowest BCUT2D eigenvalue weighted by Crippen LogP contribution is -2.42. The van der Waals surface area contributed by atoms with Crippen LogP contribution in [-0.2, 0) is 14.3 Å². The summed E-state index contributed by atoms with van der Waals surface area (Å²) in [5.41, 5.74) is 0. The molecule has 0 N–H and O–H groups in total. The van der Waals surface area contributed by atoms with Crippen molar-refractivity contribution in [2.24, 2.45) is 11.8 Å². The van der Waals surface area contributed by atoms with E-state index >= 15 is 0 Å². The minimum absolute atomic E-state index is 0.0653. The third-order valence-corrected chi connectivity index (χ3v) is 3.62. The van der Waals surface area contributed by atoms with Crippen molar-refractivity contribution in [3.05, 3.63) is 0 Å². The van der Waals surface area contributed by atoms with Crippen molar-refractivity contribution >= 4 is 5.97 Å². The number of carbonyl (C=O) groups excluding carboxylic acids is 1. The Hall–Kier alpha value is -0.610. The Morgan fingerprint density at radius 2 is 2.06 bits per heavy atom. The summed E-state index contributed by atoms with van der Waals surface area (Å²) in [6, 6.07) is -0.0653. The lowest BCUT2D eigenvalue weighted by molar-refractivity contribution is -0.147. The molecule has 0 aliphatic heterocycles. The molecule has 2 aliphatic rings. The van der Waals surface area contributed by atoms with Crippen LogP contribution in [0, 0.1) is 11.8 Å². The molecule has 4 heteroatoms. The Morgan fingerprint density at radius 1 is 1.35 bits per heavy atom. The highest BCUT2D eigenvalue weighted by Crippen LogP contribution is 2.35. The normalized spacial score (nSPS) is 21.6. The van der Waals surface area contributed by atoms with Crippen molar-refractivity contribution in [1.29, 1.82) is 0 Å². The summed E-state index contributed by atoms with van der Waals surface area (Å²) in [6.45, 7) is 2.41. The predicted molar refractivity (Wildman–Crippen MR) is 64.7 cm³/mol. The van der Waals surface area contributed by atoms with Gasteiger partial charge in [0.15, 0.2) is 0 Å². The van der Waals surface area contributed by atoms with Crippen LogP contribution in [0.1, 0.15) is 25.7 Å². The fourth-order valence-electron chi connectivity index (χ4n) is 2.15. The Bertz CT molecular complexity index is 261. The number of hydrogen-bond donors (Lipinski definition) is 0. The smallest absolute Gasteiger partial charge is 0.323 e. The number of ether oxygens (including phenoxy) is 2. The summed E-state index contributed by atoms with van der Waals surface area (Å²) in [7, 11) is 3.45. The number of methoxy groups -OCH3 is 1. The molecule has 0 saturated heterocycles. The average Bonchev–Trinajstić information content (AvgIpc) is 3.17. The maximum Gasteiger partial charge on any atom is 0.323 e. The molecule has 2 saturated carbocycles. The van der Waals surface area contributed by atoms with Crippen LogP contribution in [0.25, 0.3) is 0 Å². The topological polar surface area (TPSA) is 38.8 Å². The van der Waals surface area contributed by atoms with Crippen molar-refractivity contribution < 1.29 is 14.3 Å². The first-order valence-electron chi connectivity index (χ1n) is 6.58. The van der Waals surface area contributed by atoms with Gasteiger partial charge in [0.2, 0.25) is 0 Å². The van der Waals surface area contributed by atoms with Crippen molar-refractivity contribution in [2.45, 2.75) is 31.7 Å². The van der Waals surface area contributed by atoms with E-state index in [9.17, 15) is 4.79 Å². The molecule has 0 aromatic rings. The van der Waals surface area contributed by atoms with Gasteiger partial charge in [-0.25, -0.2) is 0 Å². The fraction of sp³-hybridized carbons (Fsp3) is 0.923. The van der Waals surface area contributed by atoms with Crippen LogP contribution in [0.4, 0.5) is 0 Å². The number of carbonyl (C=O) groups is 1. The second-order valence-corrected chi connectivity index (χ2v) is 5.30. The molecule has 2 rings (SSSR count). The first-order valence-corrected chi connectivity index (χ1v) is 6.58. The largest absolute Gasteiger partial charge is 0.468 e. The van der Waals surface area contributed by atoms with Gasteiger partial charge in [-0.1, -0.05) is 0 Å². The van der Waals surface area contributed by atoms with Crippen molar-refractivity contribution in [1.82, 2.24) is 4.90 Å². The quantitative estimate of drug-likeness (QED) is 0.474. The summed E-state index contributed by atoms with van der Waals surface area (Å²) >= 11 is 0. The van der Waals surface area contributed by atoms with Gasteiger partial charge in [0.05, 0.1) is 13.7 Å². The molecule has 2 fully saturated rings. The summed E-state index contributed by atoms with van der Waals surface area (Å²) in [6.07, 6.45) is 4.94. The van der Waals surface area contributed by atoms with E-state index < -0.39 is 0 Å². The Balaban J connectivity index is 1.67. The monoisotopic (exact) mass is 241 g/mol. The highest BCUT2D eigenvalue weighted by atomic mass is 16.5. The predicted octanol–water partition coefficient (Wildman–Crippen LogP) is 1.30. The molecule has 4 nitrogen and oxygen atoms in total. The molecule has 0 aromatic carbocycles. The molecular formula is C13H23NO3. The second-order valence-electron chi connectivity index (χ2n) is 5.30. The Labute approximate surface area is 103 Å². The number of esters is 1. The molecule has 1 atom stereocenters. The lowest BCUT2D eigenvalue weighted by Gasteiger charge is -2.25. The van der Waals surface area contributed by atoms with Crippen LogP contribution in [0.5, 0.6) is 0 Å². The minimum Gasteiger partial charge on any atom is -0.468 e. The van der Waals surface area contributed by atoms with Crippen molar-refractivity contribution in [3.8, 4) is 0 Å². The van der Waals surface area contributed by atoms with Gasteiger partial charge in [-0.15, -0.1) is 0 Å². The first kappa shape index (κ1) is 12.8. The van der Waals surface area contributed by atoms with Crippen molar-refractivity contribution in [3.63, 3.8) is 0 Å². The number of nitrogens with zero attached hydrogens (tertiary/aromatic N) is 1. The van der Waals surface area contributed by atoms with Crippen molar-refractivity contribution in [2.75, 3.05) is 33.9 Å². The molecule has 0 heterocycles. The van der Waals surface area contributed by atoms with Crippen LogP contribution < -0.4 is 0 Å². The number of hydrogen-bond acceptors (Lipinski definition) is 4. The highest BCUT2D eigenvalue weighted by Gasteiger charge is 2.39. The van der Waals surface area contributed by atoms with Crippen LogP contribution >= 0.6 is 0 Å². The second kappa shape index (κ2) is 5.83. The van der Waals surface area contributed by atoms with Gasteiger partial charge in [-0.2, -0.15) is 0 Å². The third-order valence-electron chi connectivity index (χ3n) is 3.62. The molecule has 98 valence electrons. The Morgan fingerprint density at radius 3 is 2.59 bits per heavy atom. The van der Waals surface area contributed by atoms with E-state index in [1.807, 2.05) is 7.05 Å². The Kier molecular flexibility index (Phi) is 4.40. The summed E-state index contributed by atoms with van der Waals surface area (Å²) in [5, 5.41) is 0. The van der Waals surface area contributed by atoms with Crippen LogP contribution in [-0.4, -0.2) is 50.8 Å². The first-order chi connectivity index (χ1) is 8.22. The molecule has 17 heavy (non-hydrogen) atoms. The zero-order valence-electron chi connectivity index (χ0n) is 10.9. The van der Waals surface area contributed by atoms with E-state index in [1.54, 1.807) is 0 Å². The summed E-state index contributed by atoms with van der Waals surface area (Å²) in [4.78, 5) is 13.8. The standard InChI is InChI=1S/C13H23NO3/c1-14(7-8-17-9-10-3-4-10)12(11-5-6-11)13(15)16-2/h10-12H,3-9H2,1-2H3. The summed E-state index contributed by atoms with van der Waals surface area (Å²) < 4.78 is 10.5. The molecule has 2 aliphatic carbocycles. The zero-order valence-corrected chi connectivity index (χ0v) is 10.9. The van der Waals surface area contributed by atoms with Gasteiger partial charge in [-0.05, 0) is 44.6 Å². The van der Waals surface area contributed by atoms with Crippen LogP contribution in [0.3, 0.4) is 0 Å². The van der Waals surface area contributed by atoms with Gasteiger partial charge >= 0.3 is 5.97 Å². The summed E-state index contributed by atoms with van der Waals surface area (Å²) in [5.74, 6) is 1.20. The highest BCUT2D eigenvalue weighted by molar-refractivity contribution is 5.76. The zero-order chi connectivity index (χ0) is 12.3. The van der Waals surface area contributed by atoms with Gasteiger partial charge in [-0.3, -0.25) is 9.69 Å². The molecule has 0 amide bonds. The van der Waals surface area contributed by atoms with Gasteiger partial charge in [0, 0.05) is 13.2 Å². The van der Waals surface area contributed by atoms with E-state index in [4.69, 9.17) is 9.47 Å². The molecule has 0 spiro atoms. The molecule has 0 aromatic heterocycles. The minimum atomic E-state index is -0.0998. The number of likely N-dealkylation sites (N-methyl/N-ethyl adjacent to an activating group) is 1. The number of rotatable bonds is 8. The molecular weight excluding hydrogens is 218 g/mol. The molecule has 1 unspecified atom stereocenters. The van der Waals surface area contributed by atoms with Gasteiger partial charge in [0.1, 0.15) is 6.04 Å². The maximum atomic E-state index is 11.7. The SMILES string of the molecule is COC(=O)C(C1CC1)N(C)CCOCC1CC1. The molecule has 0 radical (unpaired) electrons. The lowest BCUT2D eigenvalue weighted by atomic mass is 10.1. The molecule has 0 bridgehead atoms.